The molecule has 10 fully saturated rings. The number of alkyl halides is 3. The van der Waals surface area contributed by atoms with E-state index in [4.69, 9.17) is 38.3 Å². The Balaban J connectivity index is 0.000000166. The zero-order chi connectivity index (χ0) is 87.5. The summed E-state index contributed by atoms with van der Waals surface area (Å²) in [6.45, 7) is 33.8. The van der Waals surface area contributed by atoms with E-state index >= 15 is 0 Å². The van der Waals surface area contributed by atoms with Crippen LogP contribution in [0.2, 0.25) is 0 Å². The van der Waals surface area contributed by atoms with E-state index in [9.17, 15) is 54.9 Å². The van der Waals surface area contributed by atoms with Gasteiger partial charge in [-0.25, -0.2) is 8.42 Å². The molecule has 15 rings (SSSR count). The van der Waals surface area contributed by atoms with Gasteiger partial charge in [-0.15, -0.1) is 0 Å². The summed E-state index contributed by atoms with van der Waals surface area (Å²) >= 11 is 0. The van der Waals surface area contributed by atoms with Gasteiger partial charge < -0.3 is 47.6 Å². The molecule has 3 heterocycles. The van der Waals surface area contributed by atoms with E-state index in [1.807, 2.05) is 69.2 Å². The number of rotatable bonds is 25. The van der Waals surface area contributed by atoms with Crippen molar-refractivity contribution in [3.63, 3.8) is 0 Å². The van der Waals surface area contributed by atoms with Crippen molar-refractivity contribution in [3.8, 4) is 17.2 Å². The fourth-order valence-electron chi connectivity index (χ4n) is 18.0. The number of ether oxygens (including phenoxy) is 8. The number of hydrogen-bond donors (Lipinski definition) is 1. The van der Waals surface area contributed by atoms with Crippen LogP contribution < -0.4 is 9.47 Å². The Morgan fingerprint density at radius 2 is 1.08 bits per heavy atom. The van der Waals surface area contributed by atoms with Gasteiger partial charge >= 0.3 is 42.0 Å². The molecule has 12 atom stereocenters. The molecule has 0 aromatic heterocycles. The molecule has 1 N–H and O–H groups in total. The number of fused-ring (bicyclic) bond motifs is 3. The topological polar surface area (TPSA) is 254 Å². The summed E-state index contributed by atoms with van der Waals surface area (Å²) in [4.78, 5) is 77.2. The number of esters is 6. The third-order valence-electron chi connectivity index (χ3n) is 27.2. The van der Waals surface area contributed by atoms with Crippen molar-refractivity contribution in [2.24, 2.45) is 62.6 Å². The highest BCUT2D eigenvalue weighted by atomic mass is 32.2. The number of phenols is 1. The fraction of sp³-hybridized carbons (Fsp3) is 0.625. The third kappa shape index (κ3) is 23.7. The maximum atomic E-state index is 13.3. The van der Waals surface area contributed by atoms with Crippen LogP contribution in [0.1, 0.15) is 264 Å². The molecule has 3 saturated heterocycles. The summed E-state index contributed by atoms with van der Waals surface area (Å²) in [5, 5.41) is 9.06. The quantitative estimate of drug-likeness (QED) is 0.0187. The molecule has 0 radical (unpaired) electrons. The SMILES string of the molecule is CCC(C)(C)C(=O)OC1(C(C)C)CCCC1.CCC(C)(C)C(=O)OC12CC3CC(C1)CC(C(=O)OC(CS(=O)(=O)[O-])C(F)(F)F)(C3)C2.CCC(C)(C)C(=O)OC1C2CC3C(=O)OC1C3O2.CCC(C)(C)C(=O)Oc1ccc(O)cc1.CCC(C)c1ccc(OC2(CC)CC3CCC2C3)cc1.c1ccc([S+](c2ccccc2)c2ccccc2)cc1. The van der Waals surface area contributed by atoms with Gasteiger partial charge in [0.05, 0.1) is 65.9 Å². The van der Waals surface area contributed by atoms with E-state index in [1.165, 1.54) is 77.3 Å². The Kier molecular flexibility index (Phi) is 31.5. The number of carbonyl (C=O) groups is 6. The van der Waals surface area contributed by atoms with Gasteiger partial charge in [0.15, 0.2) is 26.9 Å². The average molecular weight is 1690 g/mol. The van der Waals surface area contributed by atoms with E-state index in [0.717, 1.165) is 56.1 Å². The first-order valence-corrected chi connectivity index (χ1v) is 46.1. The minimum absolute atomic E-state index is 0.00100. The monoisotopic (exact) mass is 1690 g/mol. The van der Waals surface area contributed by atoms with Crippen LogP contribution in [0.25, 0.3) is 0 Å². The van der Waals surface area contributed by atoms with Crippen LogP contribution in [0.15, 0.2) is 154 Å². The normalized spacial score (nSPS) is 26.4. The van der Waals surface area contributed by atoms with Gasteiger partial charge in [-0.05, 0) is 298 Å². The second-order valence-electron chi connectivity index (χ2n) is 37.6. The number of carbonyl (C=O) groups excluding carboxylic acids is 6. The minimum Gasteiger partial charge on any atom is -0.748 e. The zero-order valence-corrected chi connectivity index (χ0v) is 74.7. The molecule has 119 heavy (non-hydrogen) atoms. The average Bonchev–Trinajstić information content (AvgIpc) is 1.70. The number of halogens is 3. The highest BCUT2D eigenvalue weighted by Crippen LogP contribution is 2.64. The van der Waals surface area contributed by atoms with Gasteiger partial charge in [0.1, 0.15) is 40.2 Å². The molecule has 656 valence electrons. The van der Waals surface area contributed by atoms with E-state index in [2.05, 4.69) is 155 Å². The summed E-state index contributed by atoms with van der Waals surface area (Å²) in [6.07, 6.45) is 8.86. The third-order valence-corrected chi connectivity index (χ3v) is 30.1. The first-order chi connectivity index (χ1) is 55.8. The Labute approximate surface area is 708 Å². The molecular formula is C96H131F3O18S2. The molecule has 18 nitrogen and oxygen atoms in total. The first-order valence-electron chi connectivity index (χ1n) is 43.3. The molecule has 7 aliphatic carbocycles. The van der Waals surface area contributed by atoms with E-state index < -0.39 is 79.6 Å². The van der Waals surface area contributed by atoms with Crippen molar-refractivity contribution in [2.75, 3.05) is 5.75 Å². The maximum absolute atomic E-state index is 13.3. The lowest BCUT2D eigenvalue weighted by Gasteiger charge is -2.60. The summed E-state index contributed by atoms with van der Waals surface area (Å²) in [5.41, 5.74) is -2.89. The van der Waals surface area contributed by atoms with Crippen LogP contribution in [0.3, 0.4) is 0 Å². The first kappa shape index (κ1) is 95.4. The Bertz CT molecular complexity index is 4190. The molecular weight excluding hydrogens is 1560 g/mol. The van der Waals surface area contributed by atoms with Crippen molar-refractivity contribution in [1.29, 1.82) is 0 Å². The summed E-state index contributed by atoms with van der Waals surface area (Å²) in [6, 6.07) is 47.1. The molecule has 0 amide bonds. The molecule has 3 aliphatic heterocycles. The second kappa shape index (κ2) is 39.4. The van der Waals surface area contributed by atoms with Crippen molar-refractivity contribution in [2.45, 2.75) is 327 Å². The van der Waals surface area contributed by atoms with Gasteiger partial charge in [-0.2, -0.15) is 13.2 Å². The Hall–Kier alpha value is -7.47. The molecule has 7 saturated carbocycles. The molecule has 12 unspecified atom stereocenters. The lowest BCUT2D eigenvalue weighted by atomic mass is 9.48. The van der Waals surface area contributed by atoms with Crippen molar-refractivity contribution >= 4 is 56.8 Å². The highest BCUT2D eigenvalue weighted by molar-refractivity contribution is 7.97. The Morgan fingerprint density at radius 3 is 1.52 bits per heavy atom. The Morgan fingerprint density at radius 1 is 0.588 bits per heavy atom. The molecule has 0 spiro atoms. The van der Waals surface area contributed by atoms with Crippen molar-refractivity contribution in [3.05, 3.63) is 145 Å². The minimum atomic E-state index is -5.27. The second-order valence-corrected chi connectivity index (χ2v) is 41.1. The van der Waals surface area contributed by atoms with Gasteiger partial charge in [-0.1, -0.05) is 129 Å². The molecule has 5 aromatic rings. The smallest absolute Gasteiger partial charge is 0.426 e. The summed E-state index contributed by atoms with van der Waals surface area (Å²) in [7, 11) is -5.29. The van der Waals surface area contributed by atoms with Crippen molar-refractivity contribution in [1.82, 2.24) is 0 Å². The van der Waals surface area contributed by atoms with Crippen LogP contribution >= 0.6 is 0 Å². The van der Waals surface area contributed by atoms with Crippen molar-refractivity contribution < 1.29 is 97.9 Å². The molecule has 10 aliphatic rings. The van der Waals surface area contributed by atoms with Gasteiger partial charge in [0.25, 0.3) is 0 Å². The number of aromatic hydroxyl groups is 1. The summed E-state index contributed by atoms with van der Waals surface area (Å²) in [5.74, 6) is 0.170. The zero-order valence-electron chi connectivity index (χ0n) is 73.1. The molecule has 8 bridgehead atoms. The predicted molar refractivity (Wildman–Crippen MR) is 451 cm³/mol. The van der Waals surface area contributed by atoms with Crippen LogP contribution in [-0.2, 0) is 78.2 Å². The number of phenolic OH excluding ortho intramolecular Hbond substituents is 1. The van der Waals surface area contributed by atoms with Crippen LogP contribution in [0.5, 0.6) is 17.2 Å². The van der Waals surface area contributed by atoms with Crippen LogP contribution in [-0.4, -0.2) is 113 Å². The number of benzene rings is 5. The molecule has 5 aromatic carbocycles. The lowest BCUT2D eigenvalue weighted by Crippen LogP contribution is -2.61. The largest absolute Gasteiger partial charge is 0.748 e. The van der Waals surface area contributed by atoms with Crippen LogP contribution in [0, 0.1) is 62.6 Å². The van der Waals surface area contributed by atoms with Crippen LogP contribution in [0.4, 0.5) is 13.2 Å². The van der Waals surface area contributed by atoms with E-state index in [1.54, 1.807) is 26.0 Å². The highest BCUT2D eigenvalue weighted by Gasteiger charge is 2.67. The van der Waals surface area contributed by atoms with Gasteiger partial charge in [-0.3, -0.25) is 28.8 Å². The number of hydrogen-bond acceptors (Lipinski definition) is 18. The van der Waals surface area contributed by atoms with E-state index in [0.29, 0.717) is 62.5 Å². The predicted octanol–water partition coefficient (Wildman–Crippen LogP) is 21.4. The maximum Gasteiger partial charge on any atom is 0.426 e. The standard InChI is InChI=1S/C20H29F3O7S.C19H28O.C18H15S.C14H26O2.C13H18O5.C12H16O3/c1-4-17(2,3)15(24)30-19-8-12-5-13(9-19)7-18(6-12,11-19)16(25)29-14(20(21,22)23)10-31(26,27)28;1-4-14(3)16-7-10-18(11-8-16)20-19(5-2)13-15-6-9-17(19)12-15;1-4-10-16(11-5-1)19(17-12-6-2-7-13-17)18-14-8-3-9-15-18;1-6-13(4,5)12(15)16-14(11(2)3)9-7-8-10-14;1-4-13(2,3)12(15)18-9-7-5-6-8(16-7)10(9)17-11(6)14;1-4-12(2,3)11(14)15-10-7-5-9(13)6-8-10/h12-14H,4-11H2,1-3H3,(H,26,27,28);7-8,10-11,14-15,17H,4-6,9,12-13H2,1-3H3;1-15H;11H,6-10H2,1-5H3;6-10H,4-5H2,1-3H3;5-8,13H,4H2,1-3H3/q;;+1;;;/p-1. The van der Waals surface area contributed by atoms with Gasteiger partial charge in [0.2, 0.25) is 6.10 Å². The lowest BCUT2D eigenvalue weighted by molar-refractivity contribution is -0.239. The summed E-state index contributed by atoms with van der Waals surface area (Å²) < 4.78 is 117. The van der Waals surface area contributed by atoms with Gasteiger partial charge in [0, 0.05) is 6.42 Å². The van der Waals surface area contributed by atoms with E-state index in [-0.39, 0.29) is 93.5 Å². The fourth-order valence-corrected chi connectivity index (χ4v) is 20.8. The molecule has 23 heteroatoms.